The van der Waals surface area contributed by atoms with Crippen LogP contribution in [0.1, 0.15) is 49.9 Å². The number of benzene rings is 1. The monoisotopic (exact) mass is 567 g/mol. The third-order valence-corrected chi connectivity index (χ3v) is 9.35. The van der Waals surface area contributed by atoms with E-state index in [1.54, 1.807) is 12.1 Å². The van der Waals surface area contributed by atoms with Gasteiger partial charge in [-0.05, 0) is 68.9 Å². The molecule has 2 aromatic rings. The number of carbonyl (C=O) groups is 1. The molecular weight excluding hydrogens is 525 g/mol. The van der Waals surface area contributed by atoms with E-state index in [1.165, 1.54) is 31.4 Å². The van der Waals surface area contributed by atoms with E-state index in [0.717, 1.165) is 50.5 Å². The van der Waals surface area contributed by atoms with Crippen LogP contribution < -0.4 is 15.0 Å². The Morgan fingerprint density at radius 3 is 2.78 bits per heavy atom. The first kappa shape index (κ1) is 28.5. The molecule has 2 saturated heterocycles. The minimum atomic E-state index is -0.296. The van der Waals surface area contributed by atoms with Gasteiger partial charge in [0.1, 0.15) is 18.1 Å². The molecule has 4 aliphatic rings. The number of fused-ring (bicyclic) bond motifs is 1. The predicted molar refractivity (Wildman–Crippen MR) is 154 cm³/mol. The first-order valence-electron chi connectivity index (χ1n) is 15.0. The molecule has 0 unspecified atom stereocenters. The summed E-state index contributed by atoms with van der Waals surface area (Å²) in [6.45, 7) is 9.66. The highest BCUT2D eigenvalue weighted by molar-refractivity contribution is 5.97. The van der Waals surface area contributed by atoms with Gasteiger partial charge in [-0.3, -0.25) is 14.6 Å². The van der Waals surface area contributed by atoms with Crippen molar-refractivity contribution >= 4 is 11.6 Å². The van der Waals surface area contributed by atoms with Crippen LogP contribution in [0.25, 0.3) is 0 Å². The van der Waals surface area contributed by atoms with Gasteiger partial charge >= 0.3 is 0 Å². The van der Waals surface area contributed by atoms with Crippen molar-refractivity contribution in [3.05, 3.63) is 53.0 Å². The zero-order valence-corrected chi connectivity index (χ0v) is 24.1. The Bertz CT molecular complexity index is 1240. The van der Waals surface area contributed by atoms with E-state index in [2.05, 4.69) is 27.0 Å². The Morgan fingerprint density at radius 1 is 1.24 bits per heavy atom. The summed E-state index contributed by atoms with van der Waals surface area (Å²) in [5, 5.41) is 13.7. The van der Waals surface area contributed by atoms with Gasteiger partial charge in [0.05, 0.1) is 38.1 Å². The highest BCUT2D eigenvalue weighted by atomic mass is 19.1. The Morgan fingerprint density at radius 2 is 2.05 bits per heavy atom. The van der Waals surface area contributed by atoms with E-state index in [0.29, 0.717) is 42.9 Å². The molecule has 3 aliphatic heterocycles. The fraction of sp³-hybridized carbons (Fsp3) is 0.613. The summed E-state index contributed by atoms with van der Waals surface area (Å²) < 4.78 is 25.3. The highest BCUT2D eigenvalue weighted by Gasteiger charge is 2.46. The normalized spacial score (nSPS) is 26.3. The number of ether oxygens (including phenoxy) is 2. The number of aromatic nitrogens is 1. The molecule has 3 atom stereocenters. The molecule has 10 heteroatoms. The summed E-state index contributed by atoms with van der Waals surface area (Å²) in [4.78, 5) is 25.5. The van der Waals surface area contributed by atoms with Crippen LogP contribution in [0.2, 0.25) is 0 Å². The molecule has 1 amide bonds. The summed E-state index contributed by atoms with van der Waals surface area (Å²) in [5.41, 5.74) is 2.99. The topological polar surface area (TPSA) is 90.4 Å². The summed E-state index contributed by atoms with van der Waals surface area (Å²) in [6.07, 6.45) is 4.10. The van der Waals surface area contributed by atoms with Crippen LogP contribution >= 0.6 is 0 Å². The van der Waals surface area contributed by atoms with Crippen molar-refractivity contribution in [2.24, 2.45) is 0 Å². The summed E-state index contributed by atoms with van der Waals surface area (Å²) in [5.74, 6) is 0.0947. The van der Waals surface area contributed by atoms with Crippen molar-refractivity contribution in [3.63, 3.8) is 0 Å². The molecule has 1 saturated carbocycles. The van der Waals surface area contributed by atoms with Gasteiger partial charge in [0, 0.05) is 43.8 Å². The van der Waals surface area contributed by atoms with E-state index in [9.17, 15) is 14.3 Å². The second-order valence-corrected chi connectivity index (χ2v) is 12.3. The van der Waals surface area contributed by atoms with Crippen molar-refractivity contribution in [2.75, 3.05) is 57.4 Å². The number of anilines is 1. The average molecular weight is 568 g/mol. The summed E-state index contributed by atoms with van der Waals surface area (Å²) in [7, 11) is 0. The Hall–Kier alpha value is -2.63. The first-order valence-corrected chi connectivity index (χ1v) is 15.0. The van der Waals surface area contributed by atoms with Gasteiger partial charge in [0.25, 0.3) is 0 Å². The van der Waals surface area contributed by atoms with Crippen LogP contribution in [0.5, 0.6) is 5.88 Å². The molecule has 222 valence electrons. The van der Waals surface area contributed by atoms with Gasteiger partial charge in [-0.1, -0.05) is 12.1 Å². The molecule has 0 radical (unpaired) electrons. The maximum absolute atomic E-state index is 14.1. The van der Waals surface area contributed by atoms with Crippen LogP contribution in [-0.4, -0.2) is 102 Å². The molecule has 1 spiro atoms. The van der Waals surface area contributed by atoms with Crippen LogP contribution in [0.4, 0.5) is 10.1 Å². The van der Waals surface area contributed by atoms with Crippen molar-refractivity contribution in [3.8, 4) is 5.88 Å². The number of rotatable bonds is 7. The van der Waals surface area contributed by atoms with Gasteiger partial charge in [-0.2, -0.15) is 0 Å². The number of halogens is 1. The lowest BCUT2D eigenvalue weighted by molar-refractivity contribution is -0.125. The van der Waals surface area contributed by atoms with Crippen molar-refractivity contribution in [2.45, 2.75) is 69.8 Å². The number of pyridine rings is 1. The molecule has 6 rings (SSSR count). The summed E-state index contributed by atoms with van der Waals surface area (Å²) >= 11 is 0. The number of nitrogens with one attached hydrogen (secondary N) is 1. The number of nitrogens with zero attached hydrogens (tertiary/aromatic N) is 4. The van der Waals surface area contributed by atoms with Crippen LogP contribution in [0.15, 0.2) is 30.3 Å². The van der Waals surface area contributed by atoms with E-state index < -0.39 is 0 Å². The van der Waals surface area contributed by atoms with Gasteiger partial charge < -0.3 is 24.8 Å². The zero-order chi connectivity index (χ0) is 28.6. The van der Waals surface area contributed by atoms with E-state index >= 15 is 0 Å². The average Bonchev–Trinajstić information content (AvgIpc) is 2.94. The lowest BCUT2D eigenvalue weighted by Crippen LogP contribution is -2.67. The molecule has 1 aliphatic carbocycles. The number of hydrogen-bond acceptors (Lipinski definition) is 8. The molecule has 4 heterocycles. The molecule has 1 aromatic heterocycles. The fourth-order valence-corrected chi connectivity index (χ4v) is 6.85. The number of hydrogen-bond donors (Lipinski definition) is 2. The maximum Gasteiger partial charge on any atom is 0.241 e. The molecule has 1 aromatic carbocycles. The van der Waals surface area contributed by atoms with Crippen molar-refractivity contribution < 1.29 is 23.8 Å². The largest absolute Gasteiger partial charge is 0.474 e. The molecule has 2 N–H and O–H groups in total. The number of piperazine rings is 1. The maximum atomic E-state index is 14.1. The van der Waals surface area contributed by atoms with E-state index in [1.807, 2.05) is 17.9 Å². The smallest absolute Gasteiger partial charge is 0.241 e. The minimum absolute atomic E-state index is 0.0211. The number of aliphatic hydroxyl groups is 1. The third kappa shape index (κ3) is 5.85. The quantitative estimate of drug-likeness (QED) is 0.527. The van der Waals surface area contributed by atoms with Crippen LogP contribution in [-0.2, 0) is 22.6 Å². The van der Waals surface area contributed by atoms with Crippen molar-refractivity contribution in [1.29, 1.82) is 0 Å². The zero-order valence-electron chi connectivity index (χ0n) is 24.1. The van der Waals surface area contributed by atoms with Gasteiger partial charge in [0.2, 0.25) is 11.8 Å². The SMILES string of the molecule is C[C@@H]1CN(CC(=O)N2c3cc(Cc4ccc(F)cc4)c(CO)nc3OC[C@@H]2C)[C@@H](CN2CCOCC23CCC3)CN1. The summed E-state index contributed by atoms with van der Waals surface area (Å²) in [6, 6.07) is 8.59. The highest BCUT2D eigenvalue weighted by Crippen LogP contribution is 2.40. The minimum Gasteiger partial charge on any atom is -0.474 e. The van der Waals surface area contributed by atoms with Crippen molar-refractivity contribution in [1.82, 2.24) is 20.1 Å². The van der Waals surface area contributed by atoms with Gasteiger partial charge in [-0.25, -0.2) is 9.37 Å². The molecular formula is C31H42FN5O4. The molecule has 0 bridgehead atoms. The third-order valence-electron chi connectivity index (χ3n) is 9.35. The lowest BCUT2D eigenvalue weighted by atomic mass is 9.75. The first-order chi connectivity index (χ1) is 19.8. The lowest BCUT2D eigenvalue weighted by Gasteiger charge is -2.54. The van der Waals surface area contributed by atoms with Gasteiger partial charge in [0.15, 0.2) is 0 Å². The number of amides is 1. The van der Waals surface area contributed by atoms with E-state index in [-0.39, 0.29) is 36.0 Å². The Kier molecular flexibility index (Phi) is 8.29. The number of carbonyl (C=O) groups excluding carboxylic acids is 1. The number of aliphatic hydroxyl groups excluding tert-OH is 1. The molecule has 41 heavy (non-hydrogen) atoms. The second-order valence-electron chi connectivity index (χ2n) is 12.3. The van der Waals surface area contributed by atoms with E-state index in [4.69, 9.17) is 9.47 Å². The Balaban J connectivity index is 1.23. The number of morpholine rings is 1. The Labute approximate surface area is 241 Å². The van der Waals surface area contributed by atoms with Crippen LogP contribution in [0, 0.1) is 5.82 Å². The van der Waals surface area contributed by atoms with Gasteiger partial charge in [-0.15, -0.1) is 0 Å². The predicted octanol–water partition coefficient (Wildman–Crippen LogP) is 2.33. The molecule has 9 nitrogen and oxygen atoms in total. The fourth-order valence-electron chi connectivity index (χ4n) is 6.85. The standard InChI is InChI=1S/C31H42FN5O4/c1-21-15-35(26(14-33-21)16-36-10-11-40-20-31(36)8-3-9-31)17-29(39)37-22(2)19-41-30-28(37)13-24(27(18-38)34-30)12-23-4-6-25(32)7-5-23/h4-7,13,21-22,26,33,38H,3,8-12,14-20H2,1-2H3/t21-,22+,26-/m1/s1. The molecule has 3 fully saturated rings. The van der Waals surface area contributed by atoms with Crippen LogP contribution in [0.3, 0.4) is 0 Å². The second kappa shape index (κ2) is 11.9.